The van der Waals surface area contributed by atoms with Crippen LogP contribution in [0.5, 0.6) is 0 Å². The summed E-state index contributed by atoms with van der Waals surface area (Å²) in [4.78, 5) is 2.30. The molecule has 0 rings (SSSR count). The Kier molecular flexibility index (Phi) is 9.13. The fourth-order valence-electron chi connectivity index (χ4n) is 1.19. The predicted octanol–water partition coefficient (Wildman–Crippen LogP) is 1.02. The van der Waals surface area contributed by atoms with E-state index in [0.717, 1.165) is 26.2 Å². The van der Waals surface area contributed by atoms with Gasteiger partial charge in [0.2, 0.25) is 0 Å². The van der Waals surface area contributed by atoms with Crippen LogP contribution >= 0.6 is 12.2 Å². The molecule has 104 valence electrons. The maximum atomic E-state index is 8.55. The molecule has 0 aromatic heterocycles. The smallest absolute Gasteiger partial charge is 0.187 e. The Balaban J connectivity index is 3.92. The Bertz CT molecular complexity index is 313. The lowest BCUT2D eigenvalue weighted by atomic mass is 10.3. The van der Waals surface area contributed by atoms with E-state index in [0.29, 0.717) is 16.5 Å². The standard InChI is InChI=1S/C11H23N5OS/c1-5-16(6-2)8-7-12-11(18)14-13-9(3)10(4)15-17/h17H,5-8H2,1-4H3,(H2,12,14,18)/b13-9+,15-10+. The molecule has 0 aromatic rings. The van der Waals surface area contributed by atoms with E-state index in [-0.39, 0.29) is 0 Å². The Morgan fingerprint density at radius 2 is 1.83 bits per heavy atom. The number of hydrazone groups is 1. The van der Waals surface area contributed by atoms with Gasteiger partial charge in [-0.2, -0.15) is 5.10 Å². The van der Waals surface area contributed by atoms with Crippen molar-refractivity contribution in [2.75, 3.05) is 26.2 Å². The van der Waals surface area contributed by atoms with Crippen molar-refractivity contribution in [3.63, 3.8) is 0 Å². The highest BCUT2D eigenvalue weighted by Gasteiger charge is 2.00. The zero-order valence-electron chi connectivity index (χ0n) is 11.5. The average molecular weight is 273 g/mol. The minimum Gasteiger partial charge on any atom is -0.411 e. The van der Waals surface area contributed by atoms with E-state index in [1.165, 1.54) is 0 Å². The minimum absolute atomic E-state index is 0.452. The van der Waals surface area contributed by atoms with E-state index in [4.69, 9.17) is 17.4 Å². The third kappa shape index (κ3) is 7.18. The van der Waals surface area contributed by atoms with Crippen molar-refractivity contribution < 1.29 is 5.21 Å². The molecule has 18 heavy (non-hydrogen) atoms. The highest BCUT2D eigenvalue weighted by Crippen LogP contribution is 1.85. The summed E-state index contributed by atoms with van der Waals surface area (Å²) in [5.74, 6) is 0. The first-order valence-electron chi connectivity index (χ1n) is 6.04. The Hall–Kier alpha value is -1.21. The summed E-state index contributed by atoms with van der Waals surface area (Å²) in [6.45, 7) is 11.4. The van der Waals surface area contributed by atoms with E-state index in [2.05, 4.69) is 39.7 Å². The van der Waals surface area contributed by atoms with Crippen molar-refractivity contribution in [2.24, 2.45) is 10.3 Å². The third-order valence-electron chi connectivity index (χ3n) is 2.61. The fraction of sp³-hybridized carbons (Fsp3) is 0.727. The van der Waals surface area contributed by atoms with Crippen LogP contribution in [0.2, 0.25) is 0 Å². The average Bonchev–Trinajstić information content (AvgIpc) is 2.39. The van der Waals surface area contributed by atoms with E-state index in [1.807, 2.05) is 0 Å². The van der Waals surface area contributed by atoms with E-state index >= 15 is 0 Å². The van der Waals surface area contributed by atoms with Crippen LogP contribution < -0.4 is 10.7 Å². The molecule has 0 aliphatic rings. The van der Waals surface area contributed by atoms with Crippen LogP contribution in [0.3, 0.4) is 0 Å². The molecular weight excluding hydrogens is 250 g/mol. The highest BCUT2D eigenvalue weighted by molar-refractivity contribution is 7.80. The summed E-state index contributed by atoms with van der Waals surface area (Å²) in [7, 11) is 0. The van der Waals surface area contributed by atoms with Gasteiger partial charge in [-0.15, -0.1) is 0 Å². The van der Waals surface area contributed by atoms with Crippen LogP contribution in [0.25, 0.3) is 0 Å². The SMILES string of the molecule is CCN(CC)CCNC(=S)N/N=C(C)/C(C)=N/O. The first-order valence-corrected chi connectivity index (χ1v) is 6.45. The number of rotatable bonds is 7. The summed E-state index contributed by atoms with van der Waals surface area (Å²) in [6.07, 6.45) is 0. The molecule has 0 fully saturated rings. The van der Waals surface area contributed by atoms with Gasteiger partial charge in [0.1, 0.15) is 0 Å². The number of hydrogen-bond acceptors (Lipinski definition) is 5. The lowest BCUT2D eigenvalue weighted by Gasteiger charge is -2.18. The summed E-state index contributed by atoms with van der Waals surface area (Å²) in [6, 6.07) is 0. The first-order chi connectivity index (χ1) is 8.54. The topological polar surface area (TPSA) is 72.2 Å². The summed E-state index contributed by atoms with van der Waals surface area (Å²) in [5.41, 5.74) is 3.75. The van der Waals surface area contributed by atoms with Gasteiger partial charge in [0.25, 0.3) is 0 Å². The third-order valence-corrected chi connectivity index (χ3v) is 2.84. The van der Waals surface area contributed by atoms with Crippen molar-refractivity contribution in [1.29, 1.82) is 0 Å². The maximum Gasteiger partial charge on any atom is 0.187 e. The van der Waals surface area contributed by atoms with Crippen LogP contribution in [0.4, 0.5) is 0 Å². The minimum atomic E-state index is 0.452. The van der Waals surface area contributed by atoms with E-state index in [1.54, 1.807) is 13.8 Å². The van der Waals surface area contributed by atoms with Gasteiger partial charge >= 0.3 is 0 Å². The number of likely N-dealkylation sites (N-methyl/N-ethyl adjacent to an activating group) is 1. The Morgan fingerprint density at radius 3 is 2.33 bits per heavy atom. The number of thiocarbonyl (C=S) groups is 1. The molecule has 0 spiro atoms. The summed E-state index contributed by atoms with van der Waals surface area (Å²) < 4.78 is 0. The molecule has 0 saturated heterocycles. The molecule has 0 atom stereocenters. The summed E-state index contributed by atoms with van der Waals surface area (Å²) >= 11 is 5.07. The monoisotopic (exact) mass is 273 g/mol. The van der Waals surface area contributed by atoms with Gasteiger partial charge in [0, 0.05) is 13.1 Å². The summed E-state index contributed by atoms with van der Waals surface area (Å²) in [5, 5.41) is 19.1. The Labute approximate surface area is 114 Å². The molecule has 0 aliphatic carbocycles. The largest absolute Gasteiger partial charge is 0.411 e. The van der Waals surface area contributed by atoms with Crippen LogP contribution in [0.15, 0.2) is 10.3 Å². The number of hydrogen-bond donors (Lipinski definition) is 3. The van der Waals surface area contributed by atoms with E-state index < -0.39 is 0 Å². The van der Waals surface area contributed by atoms with Gasteiger partial charge in [0.05, 0.1) is 11.4 Å². The van der Waals surface area contributed by atoms with Gasteiger partial charge in [-0.1, -0.05) is 19.0 Å². The first kappa shape index (κ1) is 16.8. The van der Waals surface area contributed by atoms with Gasteiger partial charge in [-0.05, 0) is 39.2 Å². The molecule has 0 saturated carbocycles. The van der Waals surface area contributed by atoms with Crippen LogP contribution in [-0.4, -0.2) is 52.8 Å². The van der Waals surface area contributed by atoms with Gasteiger partial charge in [0.15, 0.2) is 5.11 Å². The van der Waals surface area contributed by atoms with Gasteiger partial charge < -0.3 is 15.4 Å². The van der Waals surface area contributed by atoms with E-state index in [9.17, 15) is 0 Å². The van der Waals surface area contributed by atoms with Crippen molar-refractivity contribution >= 4 is 28.8 Å². The molecule has 0 unspecified atom stereocenters. The second kappa shape index (κ2) is 9.78. The zero-order valence-corrected chi connectivity index (χ0v) is 12.3. The Morgan fingerprint density at radius 1 is 1.22 bits per heavy atom. The van der Waals surface area contributed by atoms with Gasteiger partial charge in [-0.3, -0.25) is 5.43 Å². The number of nitrogens with one attached hydrogen (secondary N) is 2. The van der Waals surface area contributed by atoms with Crippen molar-refractivity contribution in [1.82, 2.24) is 15.6 Å². The second-order valence-corrected chi connectivity index (χ2v) is 4.19. The number of oxime groups is 1. The van der Waals surface area contributed by atoms with Crippen LogP contribution in [0, 0.1) is 0 Å². The van der Waals surface area contributed by atoms with Gasteiger partial charge in [-0.25, -0.2) is 0 Å². The predicted molar refractivity (Wildman–Crippen MR) is 79.5 cm³/mol. The second-order valence-electron chi connectivity index (χ2n) is 3.78. The lowest BCUT2D eigenvalue weighted by Crippen LogP contribution is -2.38. The fourth-order valence-corrected chi connectivity index (χ4v) is 1.34. The van der Waals surface area contributed by atoms with Crippen LogP contribution in [0.1, 0.15) is 27.7 Å². The molecule has 0 heterocycles. The molecule has 0 aromatic carbocycles. The molecular formula is C11H23N5OS. The van der Waals surface area contributed by atoms with Crippen molar-refractivity contribution in [3.05, 3.63) is 0 Å². The van der Waals surface area contributed by atoms with Crippen molar-refractivity contribution in [3.8, 4) is 0 Å². The molecule has 3 N–H and O–H groups in total. The lowest BCUT2D eigenvalue weighted by molar-refractivity contribution is 0.308. The zero-order chi connectivity index (χ0) is 14.0. The normalized spacial score (nSPS) is 12.7. The molecule has 0 aliphatic heterocycles. The molecule has 0 amide bonds. The van der Waals surface area contributed by atoms with Crippen molar-refractivity contribution in [2.45, 2.75) is 27.7 Å². The molecule has 0 bridgehead atoms. The highest BCUT2D eigenvalue weighted by atomic mass is 32.1. The maximum absolute atomic E-state index is 8.55. The molecule has 6 nitrogen and oxygen atoms in total. The molecule has 7 heteroatoms. The quantitative estimate of drug-likeness (QED) is 0.279. The molecule has 0 radical (unpaired) electrons. The number of nitrogens with zero attached hydrogens (tertiary/aromatic N) is 3. The van der Waals surface area contributed by atoms with Crippen LogP contribution in [-0.2, 0) is 0 Å².